The van der Waals surface area contributed by atoms with Crippen LogP contribution in [0.1, 0.15) is 44.2 Å². The highest BCUT2D eigenvalue weighted by Crippen LogP contribution is 2.25. The van der Waals surface area contributed by atoms with Gasteiger partial charge in [0.05, 0.1) is 5.52 Å². The Labute approximate surface area is 108 Å². The molecule has 0 fully saturated rings. The number of hydrogen-bond acceptors (Lipinski definition) is 3. The first-order chi connectivity index (χ1) is 8.69. The zero-order valence-electron chi connectivity index (χ0n) is 11.3. The van der Waals surface area contributed by atoms with Crippen LogP contribution in [0.25, 0.3) is 10.9 Å². The molecule has 18 heavy (non-hydrogen) atoms. The summed E-state index contributed by atoms with van der Waals surface area (Å²) >= 11 is 0. The van der Waals surface area contributed by atoms with Crippen LogP contribution in [0.15, 0.2) is 24.3 Å². The number of benzene rings is 1. The molecule has 0 aliphatic rings. The van der Waals surface area contributed by atoms with Crippen LogP contribution in [0.4, 0.5) is 5.82 Å². The average molecular weight is 243 g/mol. The van der Waals surface area contributed by atoms with Gasteiger partial charge in [-0.2, -0.15) is 0 Å². The van der Waals surface area contributed by atoms with Crippen LogP contribution in [0.3, 0.4) is 0 Å². The Morgan fingerprint density at radius 2 is 2.06 bits per heavy atom. The second-order valence-corrected chi connectivity index (χ2v) is 4.76. The number of nitrogens with one attached hydrogen (secondary N) is 1. The van der Waals surface area contributed by atoms with Gasteiger partial charge in [0.1, 0.15) is 5.82 Å². The van der Waals surface area contributed by atoms with E-state index >= 15 is 0 Å². The predicted molar refractivity (Wildman–Crippen MR) is 77.6 cm³/mol. The Morgan fingerprint density at radius 1 is 1.28 bits per heavy atom. The Balaban J connectivity index is 2.56. The molecule has 0 amide bonds. The number of rotatable bonds is 4. The smallest absolute Gasteiger partial charge is 0.143 e. The lowest BCUT2D eigenvalue weighted by Crippen LogP contribution is -2.11. The van der Waals surface area contributed by atoms with E-state index in [9.17, 15) is 0 Å². The maximum atomic E-state index is 5.50. The van der Waals surface area contributed by atoms with E-state index < -0.39 is 0 Å². The van der Waals surface area contributed by atoms with Crippen molar-refractivity contribution < 1.29 is 0 Å². The first kappa shape index (κ1) is 12.8. The van der Waals surface area contributed by atoms with E-state index in [-0.39, 0.29) is 0 Å². The van der Waals surface area contributed by atoms with Gasteiger partial charge in [0.2, 0.25) is 0 Å². The van der Waals surface area contributed by atoms with Gasteiger partial charge in [-0.25, -0.2) is 10.8 Å². The first-order valence-corrected chi connectivity index (χ1v) is 6.59. The molecular formula is C15H21N3. The summed E-state index contributed by atoms with van der Waals surface area (Å²) in [5.74, 6) is 6.87. The number of aromatic nitrogens is 1. The lowest BCUT2D eigenvalue weighted by Gasteiger charge is -2.12. The van der Waals surface area contributed by atoms with Gasteiger partial charge >= 0.3 is 0 Å². The summed E-state index contributed by atoms with van der Waals surface area (Å²) in [4.78, 5) is 4.55. The predicted octanol–water partition coefficient (Wildman–Crippen LogP) is 3.60. The van der Waals surface area contributed by atoms with E-state index in [0.29, 0.717) is 5.92 Å². The van der Waals surface area contributed by atoms with Crippen LogP contribution < -0.4 is 11.3 Å². The van der Waals surface area contributed by atoms with Crippen molar-refractivity contribution in [3.63, 3.8) is 0 Å². The third-order valence-corrected chi connectivity index (χ3v) is 3.62. The molecule has 2 rings (SSSR count). The number of fused-ring (bicyclic) bond motifs is 1. The third-order valence-electron chi connectivity index (χ3n) is 3.62. The monoisotopic (exact) mass is 243 g/mol. The number of nitrogens with two attached hydrogens (primary N) is 1. The van der Waals surface area contributed by atoms with E-state index in [1.165, 1.54) is 10.9 Å². The molecule has 0 aliphatic heterocycles. The number of hydrazine groups is 1. The Hall–Kier alpha value is -1.61. The molecular weight excluding hydrogens is 222 g/mol. The number of aryl methyl sites for hydroxylation is 1. The van der Waals surface area contributed by atoms with E-state index in [1.54, 1.807) is 0 Å². The molecule has 1 heterocycles. The standard InChI is InChI=1S/C15H21N3/c1-4-10(3)12-6-7-14-13(9-12)8-11(5-2)15(17-14)18-16/h6-10H,4-5,16H2,1-3H3,(H,17,18). The number of nitrogens with zero attached hydrogens (tertiary/aromatic N) is 1. The third kappa shape index (κ3) is 2.31. The van der Waals surface area contributed by atoms with Crippen molar-refractivity contribution in [1.82, 2.24) is 4.98 Å². The zero-order valence-corrected chi connectivity index (χ0v) is 11.3. The van der Waals surface area contributed by atoms with Crippen molar-refractivity contribution >= 4 is 16.7 Å². The van der Waals surface area contributed by atoms with Crippen molar-refractivity contribution in [2.75, 3.05) is 5.43 Å². The fraction of sp³-hybridized carbons (Fsp3) is 0.400. The average Bonchev–Trinajstić information content (AvgIpc) is 2.44. The van der Waals surface area contributed by atoms with E-state index in [1.807, 2.05) is 0 Å². The van der Waals surface area contributed by atoms with Gasteiger partial charge in [-0.15, -0.1) is 0 Å². The molecule has 3 heteroatoms. The number of anilines is 1. The highest BCUT2D eigenvalue weighted by atomic mass is 15.2. The maximum Gasteiger partial charge on any atom is 0.143 e. The molecule has 1 aromatic carbocycles. The van der Waals surface area contributed by atoms with Crippen LogP contribution in [0.2, 0.25) is 0 Å². The van der Waals surface area contributed by atoms with Gasteiger partial charge in [-0.3, -0.25) is 0 Å². The SMILES string of the molecule is CCc1cc2cc(C(C)CC)ccc2nc1NN. The normalized spacial score (nSPS) is 12.7. The molecule has 0 bridgehead atoms. The molecule has 1 unspecified atom stereocenters. The number of hydrogen-bond donors (Lipinski definition) is 2. The Morgan fingerprint density at radius 3 is 2.67 bits per heavy atom. The summed E-state index contributed by atoms with van der Waals surface area (Å²) in [5, 5.41) is 1.20. The quantitative estimate of drug-likeness (QED) is 0.637. The largest absolute Gasteiger partial charge is 0.308 e. The molecule has 96 valence electrons. The molecule has 0 saturated heterocycles. The first-order valence-electron chi connectivity index (χ1n) is 6.59. The highest BCUT2D eigenvalue weighted by molar-refractivity contribution is 5.82. The van der Waals surface area contributed by atoms with Crippen LogP contribution in [-0.2, 0) is 6.42 Å². The molecule has 1 atom stereocenters. The molecule has 0 aliphatic carbocycles. The lowest BCUT2D eigenvalue weighted by atomic mass is 9.96. The van der Waals surface area contributed by atoms with Gasteiger partial charge in [0, 0.05) is 5.39 Å². The van der Waals surface area contributed by atoms with Crippen LogP contribution >= 0.6 is 0 Å². The van der Waals surface area contributed by atoms with Crippen molar-refractivity contribution in [3.05, 3.63) is 35.4 Å². The van der Waals surface area contributed by atoms with Crippen LogP contribution in [-0.4, -0.2) is 4.98 Å². The summed E-state index contributed by atoms with van der Waals surface area (Å²) in [5.41, 5.74) is 6.20. The van der Waals surface area contributed by atoms with Crippen molar-refractivity contribution in [2.45, 2.75) is 39.5 Å². The molecule has 0 saturated carbocycles. The summed E-state index contributed by atoms with van der Waals surface area (Å²) in [6.07, 6.45) is 2.08. The second-order valence-electron chi connectivity index (χ2n) is 4.76. The fourth-order valence-corrected chi connectivity index (χ4v) is 2.18. The molecule has 2 aromatic rings. The van der Waals surface area contributed by atoms with E-state index in [0.717, 1.165) is 29.7 Å². The van der Waals surface area contributed by atoms with Crippen LogP contribution in [0, 0.1) is 0 Å². The van der Waals surface area contributed by atoms with E-state index in [2.05, 4.69) is 55.4 Å². The van der Waals surface area contributed by atoms with Gasteiger partial charge in [-0.1, -0.05) is 26.8 Å². The minimum absolute atomic E-state index is 0.590. The van der Waals surface area contributed by atoms with Crippen molar-refractivity contribution in [2.24, 2.45) is 5.84 Å². The highest BCUT2D eigenvalue weighted by Gasteiger charge is 2.07. The minimum Gasteiger partial charge on any atom is -0.308 e. The van der Waals surface area contributed by atoms with E-state index in [4.69, 9.17) is 5.84 Å². The number of pyridine rings is 1. The second kappa shape index (κ2) is 5.36. The molecule has 0 spiro atoms. The topological polar surface area (TPSA) is 50.9 Å². The Kier molecular flexibility index (Phi) is 3.82. The van der Waals surface area contributed by atoms with Gasteiger partial charge in [0.25, 0.3) is 0 Å². The summed E-state index contributed by atoms with van der Waals surface area (Å²) in [6.45, 7) is 6.58. The van der Waals surface area contributed by atoms with Crippen molar-refractivity contribution in [3.8, 4) is 0 Å². The Bertz CT molecular complexity index is 549. The summed E-state index contributed by atoms with van der Waals surface area (Å²) < 4.78 is 0. The van der Waals surface area contributed by atoms with Gasteiger partial charge in [0.15, 0.2) is 0 Å². The fourth-order valence-electron chi connectivity index (χ4n) is 2.18. The number of nitrogen functional groups attached to an aromatic ring is 1. The zero-order chi connectivity index (χ0) is 13.1. The molecule has 3 N–H and O–H groups in total. The lowest BCUT2D eigenvalue weighted by molar-refractivity contribution is 0.734. The summed E-state index contributed by atoms with van der Waals surface area (Å²) in [7, 11) is 0. The van der Waals surface area contributed by atoms with Gasteiger partial charge in [-0.05, 0) is 48.1 Å². The molecule has 0 radical (unpaired) electrons. The molecule has 3 nitrogen and oxygen atoms in total. The van der Waals surface area contributed by atoms with Gasteiger partial charge < -0.3 is 5.43 Å². The maximum absolute atomic E-state index is 5.50. The van der Waals surface area contributed by atoms with Crippen molar-refractivity contribution in [1.29, 1.82) is 0 Å². The molecule has 1 aromatic heterocycles. The minimum atomic E-state index is 0.590. The van der Waals surface area contributed by atoms with Crippen LogP contribution in [0.5, 0.6) is 0 Å². The summed E-state index contributed by atoms with van der Waals surface area (Å²) in [6, 6.07) is 8.67.